The molecule has 7 nitrogen and oxygen atoms in total. The van der Waals surface area contributed by atoms with E-state index in [1.807, 2.05) is 60.7 Å². The summed E-state index contributed by atoms with van der Waals surface area (Å²) < 4.78 is 16.7. The lowest BCUT2D eigenvalue weighted by Crippen LogP contribution is -2.47. The van der Waals surface area contributed by atoms with Gasteiger partial charge in [0.1, 0.15) is 11.6 Å². The van der Waals surface area contributed by atoms with Crippen molar-refractivity contribution in [1.82, 2.24) is 9.97 Å². The fraction of sp³-hybridized carbons (Fsp3) is 0.241. The van der Waals surface area contributed by atoms with Gasteiger partial charge in [0.25, 0.3) is 0 Å². The smallest absolute Gasteiger partial charge is 0.162 e. The van der Waals surface area contributed by atoms with E-state index in [2.05, 4.69) is 28.0 Å². The van der Waals surface area contributed by atoms with Crippen LogP contribution >= 0.6 is 0 Å². The average Bonchev–Trinajstić information content (AvgIpc) is 2.95. The largest absolute Gasteiger partial charge is 0.495 e. The summed E-state index contributed by atoms with van der Waals surface area (Å²) in [6, 6.07) is 22.2. The minimum Gasteiger partial charge on any atom is -0.495 e. The maximum Gasteiger partial charge on any atom is 0.162 e. The van der Waals surface area contributed by atoms with E-state index in [0.29, 0.717) is 17.3 Å². The van der Waals surface area contributed by atoms with Crippen LogP contribution in [0, 0.1) is 0 Å². The van der Waals surface area contributed by atoms with Crippen LogP contribution in [0.5, 0.6) is 17.2 Å². The quantitative estimate of drug-likeness (QED) is 0.361. The van der Waals surface area contributed by atoms with Gasteiger partial charge in [-0.1, -0.05) is 48.5 Å². The SMILES string of the molecule is COc1cc2nc(C=Cc3ccccc3)nc(N3CCN(c4ccccc4OC)CC3)c2cc1OC. The van der Waals surface area contributed by atoms with E-state index in [1.165, 1.54) is 0 Å². The van der Waals surface area contributed by atoms with Crippen LogP contribution in [0.2, 0.25) is 0 Å². The molecule has 184 valence electrons. The number of ether oxygens (including phenoxy) is 3. The molecule has 1 aromatic heterocycles. The molecule has 1 saturated heterocycles. The highest BCUT2D eigenvalue weighted by atomic mass is 16.5. The zero-order valence-electron chi connectivity index (χ0n) is 20.8. The van der Waals surface area contributed by atoms with Gasteiger partial charge < -0.3 is 24.0 Å². The van der Waals surface area contributed by atoms with Crippen molar-refractivity contribution < 1.29 is 14.2 Å². The van der Waals surface area contributed by atoms with Crippen LogP contribution in [-0.4, -0.2) is 57.5 Å². The predicted octanol–water partition coefficient (Wildman–Crippen LogP) is 5.15. The third-order valence-electron chi connectivity index (χ3n) is 6.43. The molecule has 0 spiro atoms. The average molecular weight is 483 g/mol. The molecule has 0 bridgehead atoms. The molecule has 7 heteroatoms. The number of piperazine rings is 1. The molecule has 1 fully saturated rings. The number of hydrogen-bond acceptors (Lipinski definition) is 7. The number of methoxy groups -OCH3 is 3. The molecular formula is C29H30N4O3. The van der Waals surface area contributed by atoms with Crippen molar-refractivity contribution in [3.05, 3.63) is 78.1 Å². The second-order valence-electron chi connectivity index (χ2n) is 8.52. The zero-order valence-corrected chi connectivity index (χ0v) is 20.8. The van der Waals surface area contributed by atoms with E-state index in [-0.39, 0.29) is 0 Å². The molecule has 4 aromatic rings. The molecule has 0 atom stereocenters. The summed E-state index contributed by atoms with van der Waals surface area (Å²) in [4.78, 5) is 14.5. The molecule has 5 rings (SSSR count). The summed E-state index contributed by atoms with van der Waals surface area (Å²) in [7, 11) is 5.00. The van der Waals surface area contributed by atoms with Crippen molar-refractivity contribution in [1.29, 1.82) is 0 Å². The van der Waals surface area contributed by atoms with Crippen LogP contribution in [0.15, 0.2) is 66.7 Å². The summed E-state index contributed by atoms with van der Waals surface area (Å²) in [6.45, 7) is 3.35. The van der Waals surface area contributed by atoms with Crippen molar-refractivity contribution in [2.45, 2.75) is 0 Å². The summed E-state index contributed by atoms with van der Waals surface area (Å²) in [5, 5.41) is 0.940. The second-order valence-corrected chi connectivity index (χ2v) is 8.52. The van der Waals surface area contributed by atoms with E-state index in [1.54, 1.807) is 21.3 Å². The highest BCUT2D eigenvalue weighted by molar-refractivity contribution is 5.93. The zero-order chi connectivity index (χ0) is 24.9. The number of nitrogens with zero attached hydrogens (tertiary/aromatic N) is 4. The number of aromatic nitrogens is 2. The van der Waals surface area contributed by atoms with Gasteiger partial charge in [-0.3, -0.25) is 0 Å². The Balaban J connectivity index is 1.50. The van der Waals surface area contributed by atoms with Crippen molar-refractivity contribution >= 4 is 34.6 Å². The Morgan fingerprint density at radius 3 is 2.03 bits per heavy atom. The van der Waals surface area contributed by atoms with E-state index < -0.39 is 0 Å². The lowest BCUT2D eigenvalue weighted by molar-refractivity contribution is 0.356. The Morgan fingerprint density at radius 2 is 1.31 bits per heavy atom. The maximum absolute atomic E-state index is 5.59. The van der Waals surface area contributed by atoms with Crippen LogP contribution in [0.3, 0.4) is 0 Å². The van der Waals surface area contributed by atoms with Crippen LogP contribution < -0.4 is 24.0 Å². The van der Waals surface area contributed by atoms with Gasteiger partial charge in [-0.05, 0) is 29.8 Å². The third kappa shape index (κ3) is 4.77. The Kier molecular flexibility index (Phi) is 6.89. The number of fused-ring (bicyclic) bond motifs is 1. The maximum atomic E-state index is 5.59. The van der Waals surface area contributed by atoms with E-state index in [9.17, 15) is 0 Å². The highest BCUT2D eigenvalue weighted by Gasteiger charge is 2.23. The van der Waals surface area contributed by atoms with Gasteiger partial charge in [-0.2, -0.15) is 0 Å². The number of para-hydroxylation sites is 2. The molecule has 1 aliphatic heterocycles. The van der Waals surface area contributed by atoms with Crippen molar-refractivity contribution in [3.63, 3.8) is 0 Å². The number of anilines is 2. The van der Waals surface area contributed by atoms with Crippen LogP contribution in [-0.2, 0) is 0 Å². The Labute approximate surface area is 211 Å². The van der Waals surface area contributed by atoms with E-state index in [4.69, 9.17) is 24.2 Å². The topological polar surface area (TPSA) is 60.0 Å². The van der Waals surface area contributed by atoms with Gasteiger partial charge >= 0.3 is 0 Å². The molecule has 0 amide bonds. The third-order valence-corrected chi connectivity index (χ3v) is 6.43. The van der Waals surface area contributed by atoms with Gasteiger partial charge in [0.05, 0.1) is 32.5 Å². The molecule has 0 N–H and O–H groups in total. The van der Waals surface area contributed by atoms with Gasteiger partial charge in [0, 0.05) is 37.6 Å². The minimum absolute atomic E-state index is 0.647. The first-order valence-electron chi connectivity index (χ1n) is 12.0. The summed E-state index contributed by atoms with van der Waals surface area (Å²) in [5.74, 6) is 3.75. The lowest BCUT2D eigenvalue weighted by atomic mass is 10.1. The van der Waals surface area contributed by atoms with E-state index in [0.717, 1.165) is 59.9 Å². The molecule has 2 heterocycles. The first-order valence-corrected chi connectivity index (χ1v) is 12.0. The standard InChI is InChI=1S/C29H30N4O3/c1-34-25-12-8-7-11-24(25)32-15-17-33(18-16-32)29-22-19-26(35-2)27(36-3)20-23(22)30-28(31-29)14-13-21-9-5-4-6-10-21/h4-14,19-20H,15-18H2,1-3H3. The molecule has 0 radical (unpaired) electrons. The van der Waals surface area contributed by atoms with Crippen molar-refractivity contribution in [3.8, 4) is 17.2 Å². The molecule has 0 unspecified atom stereocenters. The first kappa shape index (κ1) is 23.5. The van der Waals surface area contributed by atoms with Crippen molar-refractivity contribution in [2.24, 2.45) is 0 Å². The van der Waals surface area contributed by atoms with Gasteiger partial charge in [-0.25, -0.2) is 9.97 Å². The Bertz CT molecular complexity index is 1370. The fourth-order valence-electron chi connectivity index (χ4n) is 4.56. The van der Waals surface area contributed by atoms with Gasteiger partial charge in [0.15, 0.2) is 17.3 Å². The summed E-state index contributed by atoms with van der Waals surface area (Å²) in [5.41, 5.74) is 3.03. The predicted molar refractivity (Wildman–Crippen MR) is 145 cm³/mol. The van der Waals surface area contributed by atoms with Crippen LogP contribution in [0.1, 0.15) is 11.4 Å². The van der Waals surface area contributed by atoms with Crippen LogP contribution in [0.4, 0.5) is 11.5 Å². The van der Waals surface area contributed by atoms with Crippen molar-refractivity contribution in [2.75, 3.05) is 57.3 Å². The lowest BCUT2D eigenvalue weighted by Gasteiger charge is -2.37. The molecule has 1 aliphatic rings. The fourth-order valence-corrected chi connectivity index (χ4v) is 4.56. The summed E-state index contributed by atoms with van der Waals surface area (Å²) >= 11 is 0. The minimum atomic E-state index is 0.647. The first-order chi connectivity index (χ1) is 17.7. The normalized spacial score (nSPS) is 13.9. The number of hydrogen-bond donors (Lipinski definition) is 0. The number of rotatable bonds is 7. The Hall–Kier alpha value is -4.26. The molecular weight excluding hydrogens is 452 g/mol. The molecule has 0 saturated carbocycles. The van der Waals surface area contributed by atoms with E-state index >= 15 is 0 Å². The molecule has 0 aliphatic carbocycles. The highest BCUT2D eigenvalue weighted by Crippen LogP contribution is 2.36. The van der Waals surface area contributed by atoms with Gasteiger partial charge in [-0.15, -0.1) is 0 Å². The van der Waals surface area contributed by atoms with Gasteiger partial charge in [0.2, 0.25) is 0 Å². The summed E-state index contributed by atoms with van der Waals surface area (Å²) in [6.07, 6.45) is 3.99. The monoisotopic (exact) mass is 482 g/mol. The van der Waals surface area contributed by atoms with Crippen LogP contribution in [0.25, 0.3) is 23.1 Å². The molecule has 3 aromatic carbocycles. The Morgan fingerprint density at radius 1 is 0.667 bits per heavy atom. The molecule has 36 heavy (non-hydrogen) atoms. The second kappa shape index (κ2) is 10.6. The number of benzene rings is 3.